The molecule has 0 aromatic heterocycles. The molecule has 4 heteroatoms. The fourth-order valence-electron chi connectivity index (χ4n) is 6.12. The zero-order chi connectivity index (χ0) is 33.9. The monoisotopic (exact) mass is 643 g/mol. The molecule has 0 aliphatic carbocycles. The van der Waals surface area contributed by atoms with Crippen LogP contribution in [0.4, 0.5) is 0 Å². The molecule has 0 saturated carbocycles. The predicted octanol–water partition coefficient (Wildman–Crippen LogP) is 12.1. The van der Waals surface area contributed by atoms with Gasteiger partial charge in [-0.3, -0.25) is 4.79 Å². The minimum absolute atomic E-state index is 0.231. The van der Waals surface area contributed by atoms with Crippen molar-refractivity contribution in [3.63, 3.8) is 0 Å². The zero-order valence-electron chi connectivity index (χ0n) is 29.9. The molecule has 0 radical (unpaired) electrons. The average molecular weight is 644 g/mol. The third-order valence-electron chi connectivity index (χ3n) is 8.96. The number of hydrogen-bond donors (Lipinski definition) is 1. The molecule has 2 atom stereocenters. The minimum Gasteiger partial charge on any atom is -0.508 e. The molecule has 2 unspecified atom stereocenters. The second-order valence-electron chi connectivity index (χ2n) is 12.6. The molecule has 1 aliphatic rings. The lowest BCUT2D eigenvalue weighted by atomic mass is 9.93. The summed E-state index contributed by atoms with van der Waals surface area (Å²) >= 11 is 1.76. The van der Waals surface area contributed by atoms with Crippen molar-refractivity contribution in [2.24, 2.45) is 5.92 Å². The van der Waals surface area contributed by atoms with Crippen LogP contribution in [-0.2, 0) is 6.42 Å². The van der Waals surface area contributed by atoms with Gasteiger partial charge in [-0.05, 0) is 116 Å². The van der Waals surface area contributed by atoms with Crippen LogP contribution >= 0.6 is 11.8 Å². The van der Waals surface area contributed by atoms with Crippen molar-refractivity contribution >= 4 is 23.1 Å². The first-order valence-corrected chi connectivity index (χ1v) is 18.9. The molecule has 46 heavy (non-hydrogen) atoms. The van der Waals surface area contributed by atoms with Gasteiger partial charge in [-0.1, -0.05) is 103 Å². The third-order valence-corrected chi connectivity index (χ3v) is 9.75. The number of rotatable bonds is 14. The van der Waals surface area contributed by atoms with Crippen LogP contribution in [0.1, 0.15) is 121 Å². The summed E-state index contributed by atoms with van der Waals surface area (Å²) in [5.41, 5.74) is 6.46. The van der Waals surface area contributed by atoms with Gasteiger partial charge in [0.15, 0.2) is 5.78 Å². The number of nitrogens with zero attached hydrogens (tertiary/aromatic N) is 1. The normalized spacial score (nSPS) is 14.9. The van der Waals surface area contributed by atoms with E-state index in [9.17, 15) is 9.90 Å². The van der Waals surface area contributed by atoms with Gasteiger partial charge >= 0.3 is 0 Å². The number of unbranched alkanes of at least 4 members (excludes halogenated alkanes) is 1. The molecule has 0 amide bonds. The maximum atomic E-state index is 12.4. The van der Waals surface area contributed by atoms with Crippen molar-refractivity contribution < 1.29 is 9.90 Å². The van der Waals surface area contributed by atoms with Gasteiger partial charge in [-0.25, -0.2) is 0 Å². The molecule has 1 aliphatic heterocycles. The van der Waals surface area contributed by atoms with Crippen molar-refractivity contribution in [3.8, 4) is 16.9 Å². The van der Waals surface area contributed by atoms with Gasteiger partial charge in [0.05, 0.1) is 0 Å². The molecule has 4 rings (SSSR count). The Morgan fingerprint density at radius 1 is 0.935 bits per heavy atom. The minimum atomic E-state index is 0.231. The molecule has 0 spiro atoms. The van der Waals surface area contributed by atoms with E-state index in [4.69, 9.17) is 0 Å². The van der Waals surface area contributed by atoms with E-state index in [2.05, 4.69) is 75.8 Å². The van der Waals surface area contributed by atoms with Crippen LogP contribution in [0.15, 0.2) is 78.2 Å². The Balaban J connectivity index is 0.000000261. The topological polar surface area (TPSA) is 40.5 Å². The standard InChI is InChI=1S/C20H24O2.C12H25N.C10H12S/c1-3-5-7-16-8-9-17(14-19(16)20(22)6-4-2)15-10-12-18(21)13-11-15;1-4-7-12(6-3)13-9-8-11(5-2)10-13;1-8(2)9-6-4-5-7-10(9)11-3/h8-14,21H,3-7H2,1-2H3;11-12H,4-10H2,1-3H3;4-7H,1H2,2-3H3. The van der Waals surface area contributed by atoms with Crippen LogP contribution in [0, 0.1) is 5.92 Å². The molecule has 1 fully saturated rings. The number of phenolic OH excluding ortho intramolecular Hbond substituents is 1. The predicted molar refractivity (Wildman–Crippen MR) is 203 cm³/mol. The fraction of sp³-hybridized carbons (Fsp3) is 0.500. The van der Waals surface area contributed by atoms with Crippen LogP contribution in [0.2, 0.25) is 0 Å². The molecule has 0 bridgehead atoms. The number of Topliss-reactive ketones (excluding diaryl/α,β-unsaturated/α-hetero) is 1. The second kappa shape index (κ2) is 21.9. The number of allylic oxidation sites excluding steroid dienone is 1. The number of aryl methyl sites for hydroxylation is 1. The number of aromatic hydroxyl groups is 1. The second-order valence-corrected chi connectivity index (χ2v) is 13.4. The van der Waals surface area contributed by atoms with Crippen molar-refractivity contribution in [3.05, 3.63) is 90.0 Å². The van der Waals surface area contributed by atoms with E-state index < -0.39 is 0 Å². The fourth-order valence-corrected chi connectivity index (χ4v) is 6.80. The first kappa shape index (κ1) is 39.4. The summed E-state index contributed by atoms with van der Waals surface area (Å²) < 4.78 is 0. The Hall–Kier alpha value is -2.82. The SMILES string of the molecule is C=C(C)c1ccccc1SC.CCCC(CC)N1CCC(CC)C1.CCCCc1ccc(-c2ccc(O)cc2)cc1C(=O)CCC. The lowest BCUT2D eigenvalue weighted by molar-refractivity contribution is 0.0981. The van der Waals surface area contributed by atoms with Crippen molar-refractivity contribution in [1.29, 1.82) is 0 Å². The number of hydrogen-bond acceptors (Lipinski definition) is 4. The van der Waals surface area contributed by atoms with E-state index in [0.29, 0.717) is 6.42 Å². The van der Waals surface area contributed by atoms with Crippen molar-refractivity contribution in [2.75, 3.05) is 19.3 Å². The first-order chi connectivity index (χ1) is 22.2. The number of likely N-dealkylation sites (tertiary alicyclic amines) is 1. The van der Waals surface area contributed by atoms with Gasteiger partial charge in [-0.15, -0.1) is 11.8 Å². The van der Waals surface area contributed by atoms with Crippen LogP contribution < -0.4 is 0 Å². The van der Waals surface area contributed by atoms with Crippen molar-refractivity contribution in [2.45, 2.75) is 117 Å². The first-order valence-electron chi connectivity index (χ1n) is 17.7. The van der Waals surface area contributed by atoms with Crippen molar-refractivity contribution in [1.82, 2.24) is 4.90 Å². The summed E-state index contributed by atoms with van der Waals surface area (Å²) in [7, 11) is 0. The molecule has 252 valence electrons. The summed E-state index contributed by atoms with van der Waals surface area (Å²) in [6, 6.07) is 22.5. The number of benzene rings is 3. The van der Waals surface area contributed by atoms with E-state index >= 15 is 0 Å². The Bertz CT molecular complexity index is 1320. The highest BCUT2D eigenvalue weighted by atomic mass is 32.2. The number of phenols is 1. The van der Waals surface area contributed by atoms with Gasteiger partial charge in [0.25, 0.3) is 0 Å². The summed E-state index contributed by atoms with van der Waals surface area (Å²) in [6.07, 6.45) is 13.6. The summed E-state index contributed by atoms with van der Waals surface area (Å²) in [5, 5.41) is 9.40. The van der Waals surface area contributed by atoms with Gasteiger partial charge in [0, 0.05) is 29.5 Å². The number of thioether (sulfide) groups is 1. The zero-order valence-corrected chi connectivity index (χ0v) is 30.7. The Morgan fingerprint density at radius 2 is 1.63 bits per heavy atom. The summed E-state index contributed by atoms with van der Waals surface area (Å²) in [5.74, 6) is 1.48. The molecular formula is C42H61NO2S. The van der Waals surface area contributed by atoms with E-state index in [0.717, 1.165) is 65.5 Å². The third kappa shape index (κ3) is 12.8. The summed E-state index contributed by atoms with van der Waals surface area (Å²) in [4.78, 5) is 16.5. The van der Waals surface area contributed by atoms with Crippen LogP contribution in [0.5, 0.6) is 5.75 Å². The largest absolute Gasteiger partial charge is 0.508 e. The Morgan fingerprint density at radius 3 is 2.17 bits per heavy atom. The van der Waals surface area contributed by atoms with Gasteiger partial charge in [-0.2, -0.15) is 0 Å². The molecule has 1 N–H and O–H groups in total. The molecule has 3 aromatic rings. The lowest BCUT2D eigenvalue weighted by Crippen LogP contribution is -2.32. The lowest BCUT2D eigenvalue weighted by Gasteiger charge is -2.26. The maximum absolute atomic E-state index is 12.4. The van der Waals surface area contributed by atoms with Gasteiger partial charge in [0.2, 0.25) is 0 Å². The smallest absolute Gasteiger partial charge is 0.163 e. The number of carbonyl (C=O) groups is 1. The quantitative estimate of drug-likeness (QED) is 0.140. The van der Waals surface area contributed by atoms with E-state index in [-0.39, 0.29) is 11.5 Å². The Labute approximate surface area is 285 Å². The average Bonchev–Trinajstić information content (AvgIpc) is 3.56. The molecule has 1 heterocycles. The maximum Gasteiger partial charge on any atom is 0.163 e. The summed E-state index contributed by atoms with van der Waals surface area (Å²) in [6.45, 7) is 19.8. The molecule has 3 nitrogen and oxygen atoms in total. The van der Waals surface area contributed by atoms with Crippen LogP contribution in [0.25, 0.3) is 16.7 Å². The molecule has 3 aromatic carbocycles. The van der Waals surface area contributed by atoms with E-state index in [1.165, 1.54) is 55.7 Å². The van der Waals surface area contributed by atoms with E-state index in [1.807, 2.05) is 38.1 Å². The van der Waals surface area contributed by atoms with Gasteiger partial charge < -0.3 is 10.0 Å². The molecular weight excluding hydrogens is 583 g/mol. The highest BCUT2D eigenvalue weighted by Crippen LogP contribution is 2.27. The van der Waals surface area contributed by atoms with E-state index in [1.54, 1.807) is 23.9 Å². The highest BCUT2D eigenvalue weighted by molar-refractivity contribution is 7.98. The molecule has 1 saturated heterocycles. The van der Waals surface area contributed by atoms with Crippen LogP contribution in [0.3, 0.4) is 0 Å². The Kier molecular flexibility index (Phi) is 18.7. The number of ketones is 1. The van der Waals surface area contributed by atoms with Crippen LogP contribution in [-0.4, -0.2) is 41.2 Å². The highest BCUT2D eigenvalue weighted by Gasteiger charge is 2.25. The number of carbonyl (C=O) groups excluding carboxylic acids is 1. The van der Waals surface area contributed by atoms with Gasteiger partial charge in [0.1, 0.15) is 5.75 Å².